The minimum Gasteiger partial charge on any atom is -0.308 e. The molecule has 3 heterocycles. The van der Waals surface area contributed by atoms with Crippen molar-refractivity contribution in [2.75, 3.05) is 5.32 Å². The van der Waals surface area contributed by atoms with E-state index in [0.717, 1.165) is 27.8 Å². The SMILES string of the molecule is CCn1c(=O)n(CC(=O)Nc2c(-c3ccccc3)nc3c(C)cccn23)c2ccccc21. The topological polar surface area (TPSA) is 73.3 Å². The third kappa shape index (κ3) is 3.19. The van der Waals surface area contributed by atoms with Crippen LogP contribution in [0.5, 0.6) is 0 Å². The zero-order valence-electron chi connectivity index (χ0n) is 17.9. The van der Waals surface area contributed by atoms with Crippen molar-refractivity contribution >= 4 is 28.4 Å². The Labute approximate surface area is 184 Å². The van der Waals surface area contributed by atoms with E-state index in [1.807, 2.05) is 91.2 Å². The fourth-order valence-corrected chi connectivity index (χ4v) is 4.17. The van der Waals surface area contributed by atoms with Gasteiger partial charge in [0, 0.05) is 18.3 Å². The Bertz CT molecular complexity index is 1510. The fourth-order valence-electron chi connectivity index (χ4n) is 4.17. The van der Waals surface area contributed by atoms with Crippen molar-refractivity contribution in [3.05, 3.63) is 89.0 Å². The number of hydrogen-bond acceptors (Lipinski definition) is 3. The number of benzene rings is 2. The summed E-state index contributed by atoms with van der Waals surface area (Å²) in [7, 11) is 0. The van der Waals surface area contributed by atoms with Crippen LogP contribution in [0.1, 0.15) is 12.5 Å². The Morgan fingerprint density at radius 2 is 1.62 bits per heavy atom. The number of carbonyl (C=O) groups is 1. The summed E-state index contributed by atoms with van der Waals surface area (Å²) in [5.41, 5.74) is 4.76. The van der Waals surface area contributed by atoms with Gasteiger partial charge in [-0.15, -0.1) is 0 Å². The van der Waals surface area contributed by atoms with Crippen LogP contribution in [0.4, 0.5) is 5.82 Å². The van der Waals surface area contributed by atoms with Crippen LogP contribution in [-0.4, -0.2) is 24.4 Å². The molecule has 0 aliphatic carbocycles. The minimum atomic E-state index is -0.286. The number of fused-ring (bicyclic) bond motifs is 2. The van der Waals surface area contributed by atoms with E-state index >= 15 is 0 Å². The van der Waals surface area contributed by atoms with E-state index in [4.69, 9.17) is 4.98 Å². The quantitative estimate of drug-likeness (QED) is 0.461. The van der Waals surface area contributed by atoms with Crippen molar-refractivity contribution < 1.29 is 4.79 Å². The van der Waals surface area contributed by atoms with Gasteiger partial charge in [0.2, 0.25) is 5.91 Å². The maximum absolute atomic E-state index is 13.2. The third-order valence-electron chi connectivity index (χ3n) is 5.69. The Balaban J connectivity index is 1.57. The normalized spacial score (nSPS) is 11.3. The highest BCUT2D eigenvalue weighted by atomic mass is 16.2. The lowest BCUT2D eigenvalue weighted by atomic mass is 10.1. The molecule has 0 atom stereocenters. The summed E-state index contributed by atoms with van der Waals surface area (Å²) in [5, 5.41) is 3.02. The number of carbonyl (C=O) groups excluding carboxylic acids is 1. The van der Waals surface area contributed by atoms with Gasteiger partial charge in [-0.05, 0) is 37.6 Å². The minimum absolute atomic E-state index is 0.0837. The Morgan fingerprint density at radius 1 is 0.938 bits per heavy atom. The molecule has 0 radical (unpaired) electrons. The first-order chi connectivity index (χ1) is 15.6. The average molecular weight is 425 g/mol. The van der Waals surface area contributed by atoms with Crippen molar-refractivity contribution in [2.45, 2.75) is 26.9 Å². The molecular weight excluding hydrogens is 402 g/mol. The average Bonchev–Trinajstić information content (AvgIpc) is 3.31. The van der Waals surface area contributed by atoms with Crippen LogP contribution in [-0.2, 0) is 17.9 Å². The lowest BCUT2D eigenvalue weighted by Gasteiger charge is -2.09. The second-order valence-electron chi connectivity index (χ2n) is 7.71. The number of aryl methyl sites for hydroxylation is 2. The molecule has 160 valence electrons. The highest BCUT2D eigenvalue weighted by Crippen LogP contribution is 2.29. The van der Waals surface area contributed by atoms with Crippen LogP contribution in [0.2, 0.25) is 0 Å². The van der Waals surface area contributed by atoms with Gasteiger partial charge in [0.15, 0.2) is 0 Å². The van der Waals surface area contributed by atoms with Gasteiger partial charge >= 0.3 is 5.69 Å². The highest BCUT2D eigenvalue weighted by Gasteiger charge is 2.19. The zero-order valence-corrected chi connectivity index (χ0v) is 17.9. The van der Waals surface area contributed by atoms with Crippen LogP contribution in [0.15, 0.2) is 77.7 Å². The molecule has 5 aromatic rings. The van der Waals surface area contributed by atoms with Crippen LogP contribution in [0, 0.1) is 6.92 Å². The molecule has 0 saturated heterocycles. The van der Waals surface area contributed by atoms with Crippen molar-refractivity contribution in [1.82, 2.24) is 18.5 Å². The number of para-hydroxylation sites is 2. The first-order valence-corrected chi connectivity index (χ1v) is 10.6. The monoisotopic (exact) mass is 425 g/mol. The molecule has 7 nitrogen and oxygen atoms in total. The molecule has 0 aliphatic heterocycles. The highest BCUT2D eigenvalue weighted by molar-refractivity contribution is 5.95. The molecule has 0 fully saturated rings. The van der Waals surface area contributed by atoms with E-state index in [1.165, 1.54) is 4.57 Å². The molecule has 5 rings (SSSR count). The van der Waals surface area contributed by atoms with Crippen LogP contribution < -0.4 is 11.0 Å². The Hall–Kier alpha value is -4.13. The molecule has 0 bridgehead atoms. The summed E-state index contributed by atoms with van der Waals surface area (Å²) in [6.45, 7) is 4.37. The number of amides is 1. The van der Waals surface area contributed by atoms with E-state index in [-0.39, 0.29) is 18.1 Å². The summed E-state index contributed by atoms with van der Waals surface area (Å²) >= 11 is 0. The smallest absolute Gasteiger partial charge is 0.308 e. The lowest BCUT2D eigenvalue weighted by molar-refractivity contribution is -0.116. The molecule has 0 saturated carbocycles. The number of nitrogens with zero attached hydrogens (tertiary/aromatic N) is 4. The molecule has 32 heavy (non-hydrogen) atoms. The van der Waals surface area contributed by atoms with Gasteiger partial charge in [-0.1, -0.05) is 48.5 Å². The van der Waals surface area contributed by atoms with Gasteiger partial charge in [-0.2, -0.15) is 0 Å². The third-order valence-corrected chi connectivity index (χ3v) is 5.69. The molecule has 7 heteroatoms. The number of anilines is 1. The summed E-state index contributed by atoms with van der Waals surface area (Å²) in [5.74, 6) is 0.304. The molecule has 2 aromatic carbocycles. The van der Waals surface area contributed by atoms with Gasteiger partial charge in [0.05, 0.1) is 11.0 Å². The van der Waals surface area contributed by atoms with Gasteiger partial charge in [0.1, 0.15) is 23.7 Å². The van der Waals surface area contributed by atoms with E-state index in [0.29, 0.717) is 18.1 Å². The molecule has 3 aromatic heterocycles. The number of pyridine rings is 1. The predicted octanol–water partition coefficient (Wildman–Crippen LogP) is 4.08. The molecule has 1 amide bonds. The van der Waals surface area contributed by atoms with Crippen molar-refractivity contribution in [3.63, 3.8) is 0 Å². The van der Waals surface area contributed by atoms with Gasteiger partial charge in [-0.25, -0.2) is 9.78 Å². The fraction of sp³-hybridized carbons (Fsp3) is 0.160. The summed E-state index contributed by atoms with van der Waals surface area (Å²) < 4.78 is 5.08. The van der Waals surface area contributed by atoms with E-state index < -0.39 is 0 Å². The summed E-state index contributed by atoms with van der Waals surface area (Å²) in [4.78, 5) is 30.9. The number of nitrogens with one attached hydrogen (secondary N) is 1. The summed E-state index contributed by atoms with van der Waals surface area (Å²) in [6, 6.07) is 21.2. The Kier molecular flexibility index (Phi) is 4.86. The molecular formula is C25H23N5O2. The predicted molar refractivity (Wildman–Crippen MR) is 126 cm³/mol. The van der Waals surface area contributed by atoms with Gasteiger partial charge in [0.25, 0.3) is 0 Å². The van der Waals surface area contributed by atoms with E-state index in [9.17, 15) is 9.59 Å². The standard InChI is InChI=1S/C25H23N5O2/c1-3-28-19-13-7-8-14-20(19)30(25(28)32)16-21(31)26-24-22(18-11-5-4-6-12-18)27-23-17(2)10-9-15-29(23)24/h4-15H,3,16H2,1-2H3,(H,26,31). The maximum atomic E-state index is 13.2. The molecule has 1 N–H and O–H groups in total. The number of aromatic nitrogens is 4. The molecule has 0 spiro atoms. The van der Waals surface area contributed by atoms with Crippen LogP contribution >= 0.6 is 0 Å². The number of rotatable bonds is 5. The second kappa shape index (κ2) is 7.85. The van der Waals surface area contributed by atoms with E-state index in [2.05, 4.69) is 5.32 Å². The molecule has 0 aliphatic rings. The van der Waals surface area contributed by atoms with Crippen LogP contribution in [0.25, 0.3) is 27.9 Å². The largest absolute Gasteiger partial charge is 0.329 e. The van der Waals surface area contributed by atoms with E-state index in [1.54, 1.807) is 4.57 Å². The van der Waals surface area contributed by atoms with Crippen molar-refractivity contribution in [2.24, 2.45) is 0 Å². The first kappa shape index (κ1) is 19.8. The first-order valence-electron chi connectivity index (χ1n) is 10.6. The second-order valence-corrected chi connectivity index (χ2v) is 7.71. The van der Waals surface area contributed by atoms with Gasteiger partial charge in [-0.3, -0.25) is 18.3 Å². The van der Waals surface area contributed by atoms with Crippen molar-refractivity contribution in [1.29, 1.82) is 0 Å². The lowest BCUT2D eigenvalue weighted by Crippen LogP contribution is -2.29. The maximum Gasteiger partial charge on any atom is 0.329 e. The Morgan fingerprint density at radius 3 is 2.34 bits per heavy atom. The summed E-state index contributed by atoms with van der Waals surface area (Å²) in [6.07, 6.45) is 1.88. The number of hydrogen-bond donors (Lipinski definition) is 1. The van der Waals surface area contributed by atoms with Crippen LogP contribution in [0.3, 0.4) is 0 Å². The molecule has 0 unspecified atom stereocenters. The zero-order chi connectivity index (χ0) is 22.2. The van der Waals surface area contributed by atoms with Gasteiger partial charge < -0.3 is 5.32 Å². The number of imidazole rings is 2. The van der Waals surface area contributed by atoms with Crippen molar-refractivity contribution in [3.8, 4) is 11.3 Å².